The van der Waals surface area contributed by atoms with Gasteiger partial charge in [0, 0.05) is 17.8 Å². The SMILES string of the molecule is Cc1noc(C)c1CNc1ccc(Cl)c(C(=O)O)c1. The van der Waals surface area contributed by atoms with Crippen LogP contribution in [0.4, 0.5) is 5.69 Å². The molecular weight excluding hydrogens is 268 g/mol. The monoisotopic (exact) mass is 280 g/mol. The molecule has 1 aromatic heterocycles. The molecule has 0 saturated heterocycles. The van der Waals surface area contributed by atoms with Gasteiger partial charge in [0.15, 0.2) is 0 Å². The maximum Gasteiger partial charge on any atom is 0.337 e. The second kappa shape index (κ2) is 5.32. The van der Waals surface area contributed by atoms with Gasteiger partial charge in [-0.2, -0.15) is 0 Å². The van der Waals surface area contributed by atoms with E-state index in [4.69, 9.17) is 21.2 Å². The van der Waals surface area contributed by atoms with Crippen LogP contribution in [0.3, 0.4) is 0 Å². The summed E-state index contributed by atoms with van der Waals surface area (Å²) in [6, 6.07) is 4.79. The summed E-state index contributed by atoms with van der Waals surface area (Å²) in [4.78, 5) is 11.0. The number of aromatic carboxylic acids is 1. The fraction of sp³-hybridized carbons (Fsp3) is 0.231. The number of anilines is 1. The van der Waals surface area contributed by atoms with Crippen LogP contribution in [0.25, 0.3) is 0 Å². The first kappa shape index (κ1) is 13.4. The average Bonchev–Trinajstić information content (AvgIpc) is 2.68. The van der Waals surface area contributed by atoms with Crippen molar-refractivity contribution in [3.05, 3.63) is 45.8 Å². The summed E-state index contributed by atoms with van der Waals surface area (Å²) in [6.07, 6.45) is 0. The standard InChI is InChI=1S/C13H13ClN2O3/c1-7-11(8(2)19-16-7)6-15-9-3-4-12(14)10(5-9)13(17)18/h3-5,15H,6H2,1-2H3,(H,17,18). The van der Waals surface area contributed by atoms with Crippen LogP contribution < -0.4 is 5.32 Å². The molecule has 19 heavy (non-hydrogen) atoms. The summed E-state index contributed by atoms with van der Waals surface area (Å²) in [5.41, 5.74) is 2.54. The number of nitrogens with zero attached hydrogens (tertiary/aromatic N) is 1. The Balaban J connectivity index is 2.16. The zero-order chi connectivity index (χ0) is 14.0. The van der Waals surface area contributed by atoms with E-state index in [1.165, 1.54) is 6.07 Å². The third kappa shape index (κ3) is 2.88. The average molecular weight is 281 g/mol. The lowest BCUT2D eigenvalue weighted by Crippen LogP contribution is -2.04. The molecule has 1 aromatic carbocycles. The maximum atomic E-state index is 11.0. The van der Waals surface area contributed by atoms with Crippen molar-refractivity contribution in [2.45, 2.75) is 20.4 Å². The number of benzene rings is 1. The van der Waals surface area contributed by atoms with Crippen LogP contribution in [0.15, 0.2) is 22.7 Å². The molecule has 0 aliphatic heterocycles. The molecule has 0 spiro atoms. The number of hydrogen-bond donors (Lipinski definition) is 2. The Morgan fingerprint density at radius 1 is 1.47 bits per heavy atom. The number of aromatic nitrogens is 1. The van der Waals surface area contributed by atoms with E-state index in [2.05, 4.69) is 10.5 Å². The van der Waals surface area contributed by atoms with E-state index in [-0.39, 0.29) is 10.6 Å². The Bertz CT molecular complexity index is 603. The smallest absolute Gasteiger partial charge is 0.337 e. The molecule has 0 radical (unpaired) electrons. The zero-order valence-corrected chi connectivity index (χ0v) is 11.3. The molecular formula is C13H13ClN2O3. The van der Waals surface area contributed by atoms with Crippen molar-refractivity contribution in [3.8, 4) is 0 Å². The molecule has 100 valence electrons. The first-order valence-corrected chi connectivity index (χ1v) is 6.05. The normalized spacial score (nSPS) is 10.5. The van der Waals surface area contributed by atoms with Gasteiger partial charge in [0.05, 0.1) is 16.3 Å². The van der Waals surface area contributed by atoms with Crippen LogP contribution in [0.5, 0.6) is 0 Å². The van der Waals surface area contributed by atoms with E-state index in [1.807, 2.05) is 13.8 Å². The van der Waals surface area contributed by atoms with Gasteiger partial charge in [0.1, 0.15) is 5.76 Å². The van der Waals surface area contributed by atoms with Gasteiger partial charge >= 0.3 is 5.97 Å². The summed E-state index contributed by atoms with van der Waals surface area (Å²) in [7, 11) is 0. The van der Waals surface area contributed by atoms with Crippen molar-refractivity contribution in [1.29, 1.82) is 0 Å². The lowest BCUT2D eigenvalue weighted by Gasteiger charge is -2.08. The number of hydrogen-bond acceptors (Lipinski definition) is 4. The van der Waals surface area contributed by atoms with E-state index in [0.29, 0.717) is 12.2 Å². The van der Waals surface area contributed by atoms with Crippen LogP contribution in [-0.4, -0.2) is 16.2 Å². The first-order valence-electron chi connectivity index (χ1n) is 5.67. The van der Waals surface area contributed by atoms with E-state index in [9.17, 15) is 4.79 Å². The number of rotatable bonds is 4. The van der Waals surface area contributed by atoms with Crippen molar-refractivity contribution in [1.82, 2.24) is 5.16 Å². The molecule has 2 N–H and O–H groups in total. The molecule has 6 heteroatoms. The molecule has 0 fully saturated rings. The highest BCUT2D eigenvalue weighted by molar-refractivity contribution is 6.33. The summed E-state index contributed by atoms with van der Waals surface area (Å²) in [5.74, 6) is -0.302. The van der Waals surface area contributed by atoms with E-state index in [0.717, 1.165) is 17.0 Å². The van der Waals surface area contributed by atoms with E-state index in [1.54, 1.807) is 12.1 Å². The third-order valence-corrected chi connectivity index (χ3v) is 3.18. The maximum absolute atomic E-state index is 11.0. The minimum Gasteiger partial charge on any atom is -0.478 e. The first-order chi connectivity index (χ1) is 8.99. The van der Waals surface area contributed by atoms with Gasteiger partial charge in [0.25, 0.3) is 0 Å². The van der Waals surface area contributed by atoms with Crippen LogP contribution in [0.1, 0.15) is 27.4 Å². The quantitative estimate of drug-likeness (QED) is 0.899. The van der Waals surface area contributed by atoms with Crippen molar-refractivity contribution < 1.29 is 14.4 Å². The highest BCUT2D eigenvalue weighted by Crippen LogP contribution is 2.22. The second-order valence-corrected chi connectivity index (χ2v) is 4.56. The molecule has 5 nitrogen and oxygen atoms in total. The molecule has 2 rings (SSSR count). The van der Waals surface area contributed by atoms with Gasteiger partial charge in [0.2, 0.25) is 0 Å². The van der Waals surface area contributed by atoms with Gasteiger partial charge in [-0.15, -0.1) is 0 Å². The van der Waals surface area contributed by atoms with Gasteiger partial charge in [-0.25, -0.2) is 4.79 Å². The zero-order valence-electron chi connectivity index (χ0n) is 10.5. The third-order valence-electron chi connectivity index (χ3n) is 2.85. The largest absolute Gasteiger partial charge is 0.478 e. The van der Waals surface area contributed by atoms with Gasteiger partial charge in [-0.3, -0.25) is 0 Å². The van der Waals surface area contributed by atoms with Crippen LogP contribution >= 0.6 is 11.6 Å². The number of halogens is 1. The van der Waals surface area contributed by atoms with E-state index >= 15 is 0 Å². The second-order valence-electron chi connectivity index (χ2n) is 4.16. The Kier molecular flexibility index (Phi) is 3.76. The number of carbonyl (C=O) groups is 1. The molecule has 0 bridgehead atoms. The van der Waals surface area contributed by atoms with Crippen molar-refractivity contribution in [3.63, 3.8) is 0 Å². The summed E-state index contributed by atoms with van der Waals surface area (Å²) in [6.45, 7) is 4.21. The molecule has 0 saturated carbocycles. The van der Waals surface area contributed by atoms with Crippen molar-refractivity contribution >= 4 is 23.3 Å². The minimum atomic E-state index is -1.05. The molecule has 1 heterocycles. The number of carboxylic acid groups (broad SMARTS) is 1. The Hall–Kier alpha value is -2.01. The highest BCUT2D eigenvalue weighted by Gasteiger charge is 2.11. The summed E-state index contributed by atoms with van der Waals surface area (Å²) in [5, 5.41) is 16.2. The topological polar surface area (TPSA) is 75.4 Å². The highest BCUT2D eigenvalue weighted by atomic mass is 35.5. The van der Waals surface area contributed by atoms with Crippen LogP contribution in [0, 0.1) is 13.8 Å². The Morgan fingerprint density at radius 2 is 2.21 bits per heavy atom. The number of carboxylic acids is 1. The Morgan fingerprint density at radius 3 is 2.79 bits per heavy atom. The fourth-order valence-electron chi connectivity index (χ4n) is 1.74. The van der Waals surface area contributed by atoms with Gasteiger partial charge in [-0.05, 0) is 32.0 Å². The predicted molar refractivity (Wildman–Crippen MR) is 71.7 cm³/mol. The van der Waals surface area contributed by atoms with E-state index < -0.39 is 5.97 Å². The molecule has 0 aliphatic rings. The number of aryl methyl sites for hydroxylation is 2. The Labute approximate surface area is 115 Å². The fourth-order valence-corrected chi connectivity index (χ4v) is 1.94. The predicted octanol–water partition coefficient (Wildman–Crippen LogP) is 3.26. The molecule has 0 atom stereocenters. The lowest BCUT2D eigenvalue weighted by atomic mass is 10.1. The van der Waals surface area contributed by atoms with Crippen molar-refractivity contribution in [2.75, 3.05) is 5.32 Å². The number of nitrogens with one attached hydrogen (secondary N) is 1. The van der Waals surface area contributed by atoms with Crippen molar-refractivity contribution in [2.24, 2.45) is 0 Å². The van der Waals surface area contributed by atoms with Crippen LogP contribution in [-0.2, 0) is 6.54 Å². The molecule has 2 aromatic rings. The van der Waals surface area contributed by atoms with Crippen LogP contribution in [0.2, 0.25) is 5.02 Å². The summed E-state index contributed by atoms with van der Waals surface area (Å²) < 4.78 is 5.06. The van der Waals surface area contributed by atoms with Gasteiger partial charge in [-0.1, -0.05) is 16.8 Å². The minimum absolute atomic E-state index is 0.0745. The van der Waals surface area contributed by atoms with Gasteiger partial charge < -0.3 is 14.9 Å². The molecule has 0 aliphatic carbocycles. The lowest BCUT2D eigenvalue weighted by molar-refractivity contribution is 0.0697. The molecule has 0 unspecified atom stereocenters. The molecule has 0 amide bonds. The summed E-state index contributed by atoms with van der Waals surface area (Å²) >= 11 is 5.81.